The maximum atomic E-state index is 5.86. The summed E-state index contributed by atoms with van der Waals surface area (Å²) in [5.74, 6) is 1.80. The van der Waals surface area contributed by atoms with Crippen LogP contribution >= 0.6 is 0 Å². The first-order valence-electron chi connectivity index (χ1n) is 6.82. The summed E-state index contributed by atoms with van der Waals surface area (Å²) < 4.78 is 5.86. The van der Waals surface area contributed by atoms with E-state index in [9.17, 15) is 0 Å². The van der Waals surface area contributed by atoms with Crippen LogP contribution in [0.5, 0.6) is 11.5 Å². The Morgan fingerprint density at radius 3 is 2.42 bits per heavy atom. The van der Waals surface area contributed by atoms with E-state index in [0.29, 0.717) is 0 Å². The summed E-state index contributed by atoms with van der Waals surface area (Å²) in [6.45, 7) is 3.15. The van der Waals surface area contributed by atoms with E-state index in [1.807, 2.05) is 31.3 Å². The van der Waals surface area contributed by atoms with Gasteiger partial charge in [-0.05, 0) is 61.8 Å². The van der Waals surface area contributed by atoms with E-state index in [0.717, 1.165) is 30.9 Å². The molecular weight excluding hydrogens is 234 g/mol. The first kappa shape index (κ1) is 13.6. The molecule has 2 aromatic rings. The predicted molar refractivity (Wildman–Crippen MR) is 80.0 cm³/mol. The average Bonchev–Trinajstić information content (AvgIpc) is 2.47. The van der Waals surface area contributed by atoms with Gasteiger partial charge in [-0.1, -0.05) is 31.2 Å². The van der Waals surface area contributed by atoms with Crippen LogP contribution in [0.1, 0.15) is 18.1 Å². The third kappa shape index (κ3) is 4.11. The van der Waals surface area contributed by atoms with Gasteiger partial charge in [-0.25, -0.2) is 0 Å². The van der Waals surface area contributed by atoms with Crippen LogP contribution in [0.4, 0.5) is 0 Å². The normalized spacial score (nSPS) is 10.4. The highest BCUT2D eigenvalue weighted by molar-refractivity contribution is 5.35. The van der Waals surface area contributed by atoms with Crippen LogP contribution in [0.15, 0.2) is 48.5 Å². The molecule has 19 heavy (non-hydrogen) atoms. The van der Waals surface area contributed by atoms with Crippen LogP contribution in [-0.2, 0) is 12.8 Å². The van der Waals surface area contributed by atoms with E-state index < -0.39 is 0 Å². The molecule has 0 saturated heterocycles. The highest BCUT2D eigenvalue weighted by atomic mass is 16.5. The van der Waals surface area contributed by atoms with Gasteiger partial charge in [0, 0.05) is 0 Å². The fourth-order valence-electron chi connectivity index (χ4n) is 1.96. The summed E-state index contributed by atoms with van der Waals surface area (Å²) in [5, 5.41) is 3.15. The minimum atomic E-state index is 0.890. The number of rotatable bonds is 6. The smallest absolute Gasteiger partial charge is 0.127 e. The topological polar surface area (TPSA) is 21.3 Å². The van der Waals surface area contributed by atoms with Crippen molar-refractivity contribution in [2.45, 2.75) is 19.8 Å². The molecule has 1 N–H and O–H groups in total. The molecule has 2 aromatic carbocycles. The fraction of sp³-hybridized carbons (Fsp3) is 0.294. The van der Waals surface area contributed by atoms with Crippen molar-refractivity contribution in [2.24, 2.45) is 0 Å². The molecule has 0 bridgehead atoms. The summed E-state index contributed by atoms with van der Waals surface area (Å²) in [6, 6.07) is 16.5. The van der Waals surface area contributed by atoms with Gasteiger partial charge >= 0.3 is 0 Å². The van der Waals surface area contributed by atoms with Gasteiger partial charge in [0.2, 0.25) is 0 Å². The Hall–Kier alpha value is -1.80. The molecular formula is C17H21NO. The van der Waals surface area contributed by atoms with Crippen LogP contribution in [0, 0.1) is 0 Å². The van der Waals surface area contributed by atoms with Crippen molar-refractivity contribution in [3.8, 4) is 11.5 Å². The minimum Gasteiger partial charge on any atom is -0.457 e. The van der Waals surface area contributed by atoms with Gasteiger partial charge in [-0.15, -0.1) is 0 Å². The maximum Gasteiger partial charge on any atom is 0.127 e. The molecule has 0 amide bonds. The summed E-state index contributed by atoms with van der Waals surface area (Å²) in [5.41, 5.74) is 2.62. The summed E-state index contributed by atoms with van der Waals surface area (Å²) in [7, 11) is 1.97. The Labute approximate surface area is 115 Å². The Bertz CT molecular complexity index is 505. The summed E-state index contributed by atoms with van der Waals surface area (Å²) >= 11 is 0. The van der Waals surface area contributed by atoms with Crippen molar-refractivity contribution in [1.29, 1.82) is 0 Å². The third-order valence-electron chi connectivity index (χ3n) is 3.13. The van der Waals surface area contributed by atoms with Crippen LogP contribution < -0.4 is 10.1 Å². The standard InChI is InChI=1S/C17H21NO/c1-3-14-5-4-6-17(13-14)19-16-9-7-15(8-10-16)11-12-18-2/h4-10,13,18H,3,11-12H2,1-2H3. The minimum absolute atomic E-state index is 0.890. The lowest BCUT2D eigenvalue weighted by molar-refractivity contribution is 0.482. The average molecular weight is 255 g/mol. The zero-order valence-electron chi connectivity index (χ0n) is 11.6. The molecule has 0 unspecified atom stereocenters. The third-order valence-corrected chi connectivity index (χ3v) is 3.13. The molecule has 0 fully saturated rings. The van der Waals surface area contributed by atoms with Crippen molar-refractivity contribution < 1.29 is 4.74 Å². The lowest BCUT2D eigenvalue weighted by atomic mass is 10.1. The second kappa shape index (κ2) is 6.95. The van der Waals surface area contributed by atoms with Crippen LogP contribution in [0.3, 0.4) is 0 Å². The largest absolute Gasteiger partial charge is 0.457 e. The van der Waals surface area contributed by atoms with Crippen LogP contribution in [0.2, 0.25) is 0 Å². The Morgan fingerprint density at radius 1 is 0.947 bits per heavy atom. The van der Waals surface area contributed by atoms with E-state index in [2.05, 4.69) is 36.5 Å². The lowest BCUT2D eigenvalue weighted by Gasteiger charge is -2.08. The van der Waals surface area contributed by atoms with Crippen molar-refractivity contribution in [2.75, 3.05) is 13.6 Å². The SMILES string of the molecule is CCc1cccc(Oc2ccc(CCNC)cc2)c1. The molecule has 0 heterocycles. The number of ether oxygens (including phenoxy) is 1. The lowest BCUT2D eigenvalue weighted by Crippen LogP contribution is -2.10. The van der Waals surface area contributed by atoms with Crippen molar-refractivity contribution in [1.82, 2.24) is 5.32 Å². The summed E-state index contributed by atoms with van der Waals surface area (Å²) in [6.07, 6.45) is 2.07. The molecule has 0 aliphatic carbocycles. The molecule has 0 aliphatic rings. The molecule has 100 valence electrons. The number of likely N-dealkylation sites (N-methyl/N-ethyl adjacent to an activating group) is 1. The van der Waals surface area contributed by atoms with Gasteiger partial charge in [0.1, 0.15) is 11.5 Å². The molecule has 0 aliphatic heterocycles. The quantitative estimate of drug-likeness (QED) is 0.847. The molecule has 0 saturated carbocycles. The Balaban J connectivity index is 2.02. The van der Waals surface area contributed by atoms with E-state index in [1.54, 1.807) is 0 Å². The summed E-state index contributed by atoms with van der Waals surface area (Å²) in [4.78, 5) is 0. The van der Waals surface area contributed by atoms with Gasteiger partial charge in [0.15, 0.2) is 0 Å². The van der Waals surface area contributed by atoms with Crippen molar-refractivity contribution >= 4 is 0 Å². The van der Waals surface area contributed by atoms with Gasteiger partial charge in [-0.2, -0.15) is 0 Å². The van der Waals surface area contributed by atoms with Gasteiger partial charge < -0.3 is 10.1 Å². The molecule has 0 spiro atoms. The van der Waals surface area contributed by atoms with E-state index in [4.69, 9.17) is 4.74 Å². The van der Waals surface area contributed by atoms with Gasteiger partial charge in [0.05, 0.1) is 0 Å². The zero-order chi connectivity index (χ0) is 13.5. The predicted octanol–water partition coefficient (Wildman–Crippen LogP) is 3.80. The zero-order valence-corrected chi connectivity index (χ0v) is 11.6. The Morgan fingerprint density at radius 2 is 1.74 bits per heavy atom. The number of hydrogen-bond acceptors (Lipinski definition) is 2. The molecule has 2 heteroatoms. The first-order chi connectivity index (χ1) is 9.31. The number of benzene rings is 2. The molecule has 0 radical (unpaired) electrons. The molecule has 2 rings (SSSR count). The van der Waals surface area contributed by atoms with E-state index in [-0.39, 0.29) is 0 Å². The van der Waals surface area contributed by atoms with Crippen LogP contribution in [0.25, 0.3) is 0 Å². The second-order valence-corrected chi connectivity index (χ2v) is 4.60. The number of aryl methyl sites for hydroxylation is 1. The van der Waals surface area contributed by atoms with E-state index >= 15 is 0 Å². The fourth-order valence-corrected chi connectivity index (χ4v) is 1.96. The van der Waals surface area contributed by atoms with Crippen molar-refractivity contribution in [3.05, 3.63) is 59.7 Å². The molecule has 0 atom stereocenters. The van der Waals surface area contributed by atoms with Gasteiger partial charge in [-0.3, -0.25) is 0 Å². The van der Waals surface area contributed by atoms with E-state index in [1.165, 1.54) is 11.1 Å². The number of hydrogen-bond donors (Lipinski definition) is 1. The maximum absolute atomic E-state index is 5.86. The monoisotopic (exact) mass is 255 g/mol. The molecule has 0 aromatic heterocycles. The Kier molecular flexibility index (Phi) is 4.99. The molecule has 2 nitrogen and oxygen atoms in total. The number of nitrogens with one attached hydrogen (secondary N) is 1. The highest BCUT2D eigenvalue weighted by Gasteiger charge is 1.99. The van der Waals surface area contributed by atoms with Crippen LogP contribution in [-0.4, -0.2) is 13.6 Å². The second-order valence-electron chi connectivity index (χ2n) is 4.60. The first-order valence-corrected chi connectivity index (χ1v) is 6.82. The highest BCUT2D eigenvalue weighted by Crippen LogP contribution is 2.22. The van der Waals surface area contributed by atoms with Crippen molar-refractivity contribution in [3.63, 3.8) is 0 Å². The van der Waals surface area contributed by atoms with Gasteiger partial charge in [0.25, 0.3) is 0 Å².